The first-order valence-corrected chi connectivity index (χ1v) is 4.93. The fraction of sp³-hybridized carbons (Fsp3) is 0.375. The lowest BCUT2D eigenvalue weighted by Crippen LogP contribution is -2.45. The van der Waals surface area contributed by atoms with Crippen molar-refractivity contribution in [2.24, 2.45) is 5.16 Å². The van der Waals surface area contributed by atoms with Crippen LogP contribution in [0.1, 0.15) is 12.0 Å². The van der Waals surface area contributed by atoms with Crippen LogP contribution < -0.4 is 0 Å². The summed E-state index contributed by atoms with van der Waals surface area (Å²) in [4.78, 5) is 4.06. The maximum absolute atomic E-state index is 12.3. The molecule has 82 valence electrons. The van der Waals surface area contributed by atoms with Crippen LogP contribution in [0, 0.1) is 0 Å². The molecule has 0 bridgehead atoms. The van der Waals surface area contributed by atoms with Crippen molar-refractivity contribution in [2.45, 2.75) is 18.4 Å². The van der Waals surface area contributed by atoms with Gasteiger partial charge >= 0.3 is 12.0 Å². The molecule has 0 saturated heterocycles. The van der Waals surface area contributed by atoms with Gasteiger partial charge < -0.3 is 9.94 Å². The summed E-state index contributed by atoms with van der Waals surface area (Å²) >= 11 is 1.33. The molecular formula is C8H6F3NO2S. The van der Waals surface area contributed by atoms with Crippen molar-refractivity contribution in [3.8, 4) is 0 Å². The smallest absolute Gasteiger partial charge is 0.350 e. The van der Waals surface area contributed by atoms with E-state index in [1.807, 2.05) is 0 Å². The monoisotopic (exact) mass is 237 g/mol. The molecule has 0 amide bonds. The van der Waals surface area contributed by atoms with Gasteiger partial charge in [-0.1, -0.05) is 5.16 Å². The van der Waals surface area contributed by atoms with E-state index >= 15 is 0 Å². The number of hydrogen-bond acceptors (Lipinski definition) is 4. The Morgan fingerprint density at radius 1 is 1.53 bits per heavy atom. The number of aliphatic hydroxyl groups is 1. The first kappa shape index (κ1) is 10.4. The predicted molar refractivity (Wildman–Crippen MR) is 47.6 cm³/mol. The van der Waals surface area contributed by atoms with Crippen LogP contribution in [-0.4, -0.2) is 22.8 Å². The largest absolute Gasteiger partial charge is 0.458 e. The lowest BCUT2D eigenvalue weighted by Gasteiger charge is -2.22. The van der Waals surface area contributed by atoms with Gasteiger partial charge in [0.2, 0.25) is 0 Å². The SMILES string of the molecule is O[C@]1(C(F)(F)F)CC(c2ccsc2)=NO1. The molecule has 2 heterocycles. The van der Waals surface area contributed by atoms with Crippen molar-refractivity contribution in [3.63, 3.8) is 0 Å². The highest BCUT2D eigenvalue weighted by atomic mass is 32.1. The second-order valence-corrected chi connectivity index (χ2v) is 3.88. The predicted octanol–water partition coefficient (Wildman–Crippen LogP) is 2.12. The van der Waals surface area contributed by atoms with E-state index in [1.165, 1.54) is 11.3 Å². The Kier molecular flexibility index (Phi) is 2.23. The van der Waals surface area contributed by atoms with E-state index in [0.29, 0.717) is 5.56 Å². The van der Waals surface area contributed by atoms with Crippen molar-refractivity contribution in [3.05, 3.63) is 22.4 Å². The zero-order chi connectivity index (χ0) is 11.1. The molecular weight excluding hydrogens is 231 g/mol. The summed E-state index contributed by atoms with van der Waals surface area (Å²) in [6.45, 7) is 0. The van der Waals surface area contributed by atoms with Crippen LogP contribution in [0.25, 0.3) is 0 Å². The minimum absolute atomic E-state index is 0.107. The van der Waals surface area contributed by atoms with Crippen molar-refractivity contribution < 1.29 is 23.1 Å². The summed E-state index contributed by atoms with van der Waals surface area (Å²) in [6, 6.07) is 1.62. The number of thiophene rings is 1. The fourth-order valence-corrected chi connectivity index (χ4v) is 1.82. The molecule has 1 aliphatic rings. The van der Waals surface area contributed by atoms with Crippen molar-refractivity contribution >= 4 is 17.0 Å². The second kappa shape index (κ2) is 3.21. The third kappa shape index (κ3) is 1.72. The second-order valence-electron chi connectivity index (χ2n) is 3.10. The molecule has 0 unspecified atom stereocenters. The molecule has 3 nitrogen and oxygen atoms in total. The molecule has 1 atom stereocenters. The van der Waals surface area contributed by atoms with E-state index in [4.69, 9.17) is 5.11 Å². The Morgan fingerprint density at radius 2 is 2.27 bits per heavy atom. The summed E-state index contributed by atoms with van der Waals surface area (Å²) in [5.41, 5.74) is 0.649. The van der Waals surface area contributed by atoms with Crippen molar-refractivity contribution in [2.75, 3.05) is 0 Å². The first-order chi connectivity index (χ1) is 6.92. The van der Waals surface area contributed by atoms with Crippen LogP contribution in [0.2, 0.25) is 0 Å². The van der Waals surface area contributed by atoms with E-state index in [-0.39, 0.29) is 5.71 Å². The molecule has 0 aromatic carbocycles. The van der Waals surface area contributed by atoms with Gasteiger partial charge in [-0.3, -0.25) is 0 Å². The van der Waals surface area contributed by atoms with E-state index in [0.717, 1.165) is 0 Å². The molecule has 15 heavy (non-hydrogen) atoms. The highest BCUT2D eigenvalue weighted by molar-refractivity contribution is 7.08. The Balaban J connectivity index is 2.18. The highest BCUT2D eigenvalue weighted by Gasteiger charge is 2.60. The number of halogens is 3. The normalized spacial score (nSPS) is 26.3. The van der Waals surface area contributed by atoms with Gasteiger partial charge in [-0.25, -0.2) is 0 Å². The summed E-state index contributed by atoms with van der Waals surface area (Å²) < 4.78 is 36.9. The Hall–Kier alpha value is -1.08. The molecule has 0 spiro atoms. The van der Waals surface area contributed by atoms with Gasteiger partial charge in [0.05, 0.1) is 12.1 Å². The maximum atomic E-state index is 12.3. The van der Waals surface area contributed by atoms with Gasteiger partial charge in [0, 0.05) is 5.56 Å². The van der Waals surface area contributed by atoms with Crippen LogP contribution >= 0.6 is 11.3 Å². The van der Waals surface area contributed by atoms with E-state index < -0.39 is 18.4 Å². The van der Waals surface area contributed by atoms with Crippen molar-refractivity contribution in [1.29, 1.82) is 0 Å². The summed E-state index contributed by atoms with van der Waals surface area (Å²) in [5, 5.41) is 15.7. The third-order valence-corrected chi connectivity index (χ3v) is 2.69. The molecule has 2 rings (SSSR count). The van der Waals surface area contributed by atoms with E-state index in [1.54, 1.807) is 16.8 Å². The Morgan fingerprint density at radius 3 is 2.73 bits per heavy atom. The van der Waals surface area contributed by atoms with Crippen LogP contribution in [-0.2, 0) is 4.84 Å². The molecule has 1 aromatic heterocycles. The van der Waals surface area contributed by atoms with Gasteiger partial charge in [-0.15, -0.1) is 0 Å². The standard InChI is InChI=1S/C8H6F3NO2S/c9-8(10,11)7(13)3-6(12-14-7)5-1-2-15-4-5/h1-2,4,13H,3H2/t7-/m1/s1. The lowest BCUT2D eigenvalue weighted by molar-refractivity contribution is -0.355. The van der Waals surface area contributed by atoms with Gasteiger partial charge in [-0.05, 0) is 16.8 Å². The molecule has 1 aromatic rings. The van der Waals surface area contributed by atoms with Gasteiger partial charge in [-0.2, -0.15) is 24.5 Å². The van der Waals surface area contributed by atoms with Crippen LogP contribution in [0.15, 0.2) is 22.0 Å². The molecule has 1 N–H and O–H groups in total. The van der Waals surface area contributed by atoms with Gasteiger partial charge in [0.25, 0.3) is 0 Å². The molecule has 0 saturated carbocycles. The van der Waals surface area contributed by atoms with Crippen LogP contribution in [0.4, 0.5) is 13.2 Å². The first-order valence-electron chi connectivity index (χ1n) is 3.99. The average molecular weight is 237 g/mol. The highest BCUT2D eigenvalue weighted by Crippen LogP contribution is 2.39. The summed E-state index contributed by atoms with van der Waals surface area (Å²) in [7, 11) is 0. The lowest BCUT2D eigenvalue weighted by atomic mass is 10.1. The Bertz CT molecular complexity index is 387. The zero-order valence-electron chi connectivity index (χ0n) is 7.28. The summed E-state index contributed by atoms with van der Waals surface area (Å²) in [5.74, 6) is -3.18. The minimum Gasteiger partial charge on any atom is -0.350 e. The van der Waals surface area contributed by atoms with Crippen LogP contribution in [0.5, 0.6) is 0 Å². The number of alkyl halides is 3. The van der Waals surface area contributed by atoms with E-state index in [2.05, 4.69) is 9.99 Å². The van der Waals surface area contributed by atoms with Gasteiger partial charge in [0.15, 0.2) is 0 Å². The number of hydrogen-bond donors (Lipinski definition) is 1. The van der Waals surface area contributed by atoms with E-state index in [9.17, 15) is 13.2 Å². The number of rotatable bonds is 1. The number of oxime groups is 1. The zero-order valence-corrected chi connectivity index (χ0v) is 8.10. The minimum atomic E-state index is -4.84. The fourth-order valence-electron chi connectivity index (χ4n) is 1.16. The van der Waals surface area contributed by atoms with Gasteiger partial charge in [0.1, 0.15) is 0 Å². The Labute approximate surface area is 86.8 Å². The summed E-state index contributed by atoms with van der Waals surface area (Å²) in [6.07, 6.45) is -5.51. The number of nitrogens with zero attached hydrogens (tertiary/aromatic N) is 1. The molecule has 0 radical (unpaired) electrons. The molecule has 1 aliphatic heterocycles. The molecule has 0 fully saturated rings. The topological polar surface area (TPSA) is 41.8 Å². The van der Waals surface area contributed by atoms with Crippen molar-refractivity contribution in [1.82, 2.24) is 0 Å². The molecule has 0 aliphatic carbocycles. The average Bonchev–Trinajstić information content (AvgIpc) is 2.70. The van der Waals surface area contributed by atoms with Crippen LogP contribution in [0.3, 0.4) is 0 Å². The maximum Gasteiger partial charge on any atom is 0.458 e. The quantitative estimate of drug-likeness (QED) is 0.812. The third-order valence-electron chi connectivity index (χ3n) is 2.01. The molecule has 7 heteroatoms.